The molecule has 0 radical (unpaired) electrons. The van der Waals surface area contributed by atoms with E-state index in [9.17, 15) is 13.2 Å². The third-order valence-electron chi connectivity index (χ3n) is 1.69. The Morgan fingerprint density at radius 1 is 1.36 bits per heavy atom. The first kappa shape index (κ1) is 11.2. The first-order valence-electron chi connectivity index (χ1n) is 3.74. The highest BCUT2D eigenvalue weighted by Crippen LogP contribution is 2.33. The Labute approximate surface area is 87.6 Å². The van der Waals surface area contributed by atoms with Gasteiger partial charge in [0.15, 0.2) is 0 Å². The fourth-order valence-electron chi connectivity index (χ4n) is 1.08. The molecule has 0 saturated carbocycles. The van der Waals surface area contributed by atoms with Gasteiger partial charge in [-0.3, -0.25) is 0 Å². The maximum absolute atomic E-state index is 12.5. The fraction of sp³-hybridized carbons (Fsp3) is 0.222. The molecule has 0 fully saturated rings. The predicted molar refractivity (Wildman–Crippen MR) is 51.6 cm³/mol. The number of hydrogen-bond donors (Lipinski definition) is 1. The highest BCUT2D eigenvalue weighted by molar-refractivity contribution is 9.10. The summed E-state index contributed by atoms with van der Waals surface area (Å²) in [6.45, 7) is 1.33. The van der Waals surface area contributed by atoms with Crippen molar-refractivity contribution in [3.05, 3.63) is 33.8 Å². The molecule has 0 aromatic heterocycles. The molecule has 0 saturated heterocycles. The van der Waals surface area contributed by atoms with Crippen LogP contribution < -0.4 is 0 Å². The first-order chi connectivity index (χ1) is 6.32. The minimum Gasteiger partial charge on any atom is -0.305 e. The van der Waals surface area contributed by atoms with Crippen LogP contribution in [0.25, 0.3) is 0 Å². The van der Waals surface area contributed by atoms with Crippen LogP contribution in [0.5, 0.6) is 0 Å². The Hall–Kier alpha value is -0.840. The van der Waals surface area contributed by atoms with Gasteiger partial charge < -0.3 is 5.41 Å². The lowest BCUT2D eigenvalue weighted by Crippen LogP contribution is -2.11. The Morgan fingerprint density at radius 3 is 2.36 bits per heavy atom. The molecule has 1 rings (SSSR count). The number of benzene rings is 1. The van der Waals surface area contributed by atoms with Crippen molar-refractivity contribution in [2.45, 2.75) is 13.1 Å². The third kappa shape index (κ3) is 2.35. The van der Waals surface area contributed by atoms with Gasteiger partial charge in [-0.2, -0.15) is 13.2 Å². The zero-order valence-corrected chi connectivity index (χ0v) is 8.83. The number of hydrogen-bond acceptors (Lipinski definition) is 1. The number of halogens is 4. The van der Waals surface area contributed by atoms with Crippen LogP contribution in [-0.4, -0.2) is 5.71 Å². The van der Waals surface area contributed by atoms with Gasteiger partial charge in [-0.25, -0.2) is 0 Å². The van der Waals surface area contributed by atoms with E-state index in [0.29, 0.717) is 4.47 Å². The molecule has 76 valence electrons. The largest absolute Gasteiger partial charge is 0.417 e. The van der Waals surface area contributed by atoms with Crippen molar-refractivity contribution in [3.63, 3.8) is 0 Å². The molecule has 0 heterocycles. The molecule has 0 aliphatic rings. The molecule has 0 unspecified atom stereocenters. The molecule has 0 bridgehead atoms. The van der Waals surface area contributed by atoms with Crippen LogP contribution >= 0.6 is 15.9 Å². The van der Waals surface area contributed by atoms with Gasteiger partial charge >= 0.3 is 6.18 Å². The standard InChI is InChI=1S/C9H7BrF3N/c1-5(14)7-3-2-6(10)4-8(7)9(11,12)13/h2-4,14H,1H3. The van der Waals surface area contributed by atoms with Gasteiger partial charge in [-0.1, -0.05) is 22.0 Å². The van der Waals surface area contributed by atoms with Crippen LogP contribution in [0, 0.1) is 5.41 Å². The van der Waals surface area contributed by atoms with E-state index in [1.54, 1.807) is 0 Å². The highest BCUT2D eigenvalue weighted by Gasteiger charge is 2.33. The molecule has 14 heavy (non-hydrogen) atoms. The van der Waals surface area contributed by atoms with Gasteiger partial charge in [0.25, 0.3) is 0 Å². The van der Waals surface area contributed by atoms with Gasteiger partial charge in [-0.15, -0.1) is 0 Å². The molecule has 5 heteroatoms. The van der Waals surface area contributed by atoms with Gasteiger partial charge in [-0.05, 0) is 19.1 Å². The number of rotatable bonds is 1. The van der Waals surface area contributed by atoms with Gasteiger partial charge in [0.1, 0.15) is 0 Å². The summed E-state index contributed by atoms with van der Waals surface area (Å²) in [6, 6.07) is 3.76. The molecule has 0 aliphatic carbocycles. The Bertz CT molecular complexity index is 371. The summed E-state index contributed by atoms with van der Waals surface area (Å²) < 4.78 is 37.8. The molecular formula is C9H7BrF3N. The second-order valence-corrected chi connectivity index (χ2v) is 3.73. The average Bonchev–Trinajstić information content (AvgIpc) is 2.01. The van der Waals surface area contributed by atoms with Crippen molar-refractivity contribution >= 4 is 21.6 Å². The third-order valence-corrected chi connectivity index (χ3v) is 2.18. The summed E-state index contributed by atoms with van der Waals surface area (Å²) in [5.74, 6) is 0. The zero-order valence-electron chi connectivity index (χ0n) is 7.24. The lowest BCUT2D eigenvalue weighted by molar-refractivity contribution is -0.137. The average molecular weight is 266 g/mol. The Kier molecular flexibility index (Phi) is 2.99. The Balaban J connectivity index is 3.38. The molecule has 1 aromatic carbocycles. The summed E-state index contributed by atoms with van der Waals surface area (Å²) in [5, 5.41) is 7.21. The van der Waals surface area contributed by atoms with E-state index >= 15 is 0 Å². The van der Waals surface area contributed by atoms with Crippen molar-refractivity contribution in [1.29, 1.82) is 5.41 Å². The number of nitrogens with one attached hydrogen (secondary N) is 1. The molecule has 0 aliphatic heterocycles. The van der Waals surface area contributed by atoms with Crippen LogP contribution in [0.2, 0.25) is 0 Å². The van der Waals surface area contributed by atoms with E-state index in [1.807, 2.05) is 0 Å². The van der Waals surface area contributed by atoms with Crippen molar-refractivity contribution in [2.75, 3.05) is 0 Å². The quantitative estimate of drug-likeness (QED) is 0.746. The minimum atomic E-state index is -4.42. The lowest BCUT2D eigenvalue weighted by atomic mass is 10.0. The highest BCUT2D eigenvalue weighted by atomic mass is 79.9. The second-order valence-electron chi connectivity index (χ2n) is 2.81. The normalized spacial score (nSPS) is 11.5. The maximum atomic E-state index is 12.5. The maximum Gasteiger partial charge on any atom is 0.417 e. The van der Waals surface area contributed by atoms with Crippen LogP contribution in [0.4, 0.5) is 13.2 Å². The van der Waals surface area contributed by atoms with Crippen LogP contribution in [-0.2, 0) is 6.18 Å². The van der Waals surface area contributed by atoms with Crippen molar-refractivity contribution in [2.24, 2.45) is 0 Å². The topological polar surface area (TPSA) is 23.9 Å². The van der Waals surface area contributed by atoms with Crippen LogP contribution in [0.1, 0.15) is 18.1 Å². The van der Waals surface area contributed by atoms with E-state index in [2.05, 4.69) is 15.9 Å². The molecule has 0 atom stereocenters. The lowest BCUT2D eigenvalue weighted by Gasteiger charge is -2.12. The summed E-state index contributed by atoms with van der Waals surface area (Å²) >= 11 is 2.97. The van der Waals surface area contributed by atoms with E-state index in [-0.39, 0.29) is 11.3 Å². The second kappa shape index (κ2) is 3.73. The smallest absolute Gasteiger partial charge is 0.305 e. The van der Waals surface area contributed by atoms with Crippen molar-refractivity contribution < 1.29 is 13.2 Å². The summed E-state index contributed by atoms with van der Waals surface area (Å²) in [6.07, 6.45) is -4.42. The monoisotopic (exact) mass is 265 g/mol. The molecule has 0 spiro atoms. The SMILES string of the molecule is CC(=N)c1ccc(Br)cc1C(F)(F)F. The summed E-state index contributed by atoms with van der Waals surface area (Å²) in [5.41, 5.74) is -0.954. The van der Waals surface area contributed by atoms with Crippen molar-refractivity contribution in [3.8, 4) is 0 Å². The molecule has 1 aromatic rings. The van der Waals surface area contributed by atoms with Crippen LogP contribution in [0.3, 0.4) is 0 Å². The van der Waals surface area contributed by atoms with E-state index in [1.165, 1.54) is 19.1 Å². The van der Waals surface area contributed by atoms with E-state index in [0.717, 1.165) is 6.07 Å². The molecule has 0 amide bonds. The molecule has 1 N–H and O–H groups in total. The first-order valence-corrected chi connectivity index (χ1v) is 4.54. The van der Waals surface area contributed by atoms with Crippen LogP contribution in [0.15, 0.2) is 22.7 Å². The van der Waals surface area contributed by atoms with E-state index in [4.69, 9.17) is 5.41 Å². The fourth-order valence-corrected chi connectivity index (χ4v) is 1.44. The number of alkyl halides is 3. The van der Waals surface area contributed by atoms with Gasteiger partial charge in [0.2, 0.25) is 0 Å². The summed E-state index contributed by atoms with van der Waals surface area (Å²) in [7, 11) is 0. The zero-order chi connectivity index (χ0) is 10.9. The van der Waals surface area contributed by atoms with E-state index < -0.39 is 11.7 Å². The predicted octanol–water partition coefficient (Wildman–Crippen LogP) is 3.86. The van der Waals surface area contributed by atoms with Gasteiger partial charge in [0, 0.05) is 15.7 Å². The molecular weight excluding hydrogens is 259 g/mol. The summed E-state index contributed by atoms with van der Waals surface area (Å²) in [4.78, 5) is 0. The minimum absolute atomic E-state index is 0.0827. The van der Waals surface area contributed by atoms with Gasteiger partial charge in [0.05, 0.1) is 5.56 Å². The molecule has 1 nitrogen and oxygen atoms in total. The van der Waals surface area contributed by atoms with Crippen molar-refractivity contribution in [1.82, 2.24) is 0 Å². The Morgan fingerprint density at radius 2 is 1.93 bits per heavy atom.